The van der Waals surface area contributed by atoms with Crippen LogP contribution in [-0.2, 0) is 37.5 Å². The standard InChI is InChI=1S/C36H66NO10P/c1-3-5-7-9-11-13-14-15-16-17-18-19-20-22-24-26-28-35(39)47-32(30-45-48(42,43)46-31-33(37)36(40)41)29-44-34(38)27-25-23-21-12-10-8-6-4-2/h13-14,16-17,32-33H,3-12,15,18-31,37H2,1-2H3,(H,40,41)(H,42,43)/b14-13-,17-16-. The molecule has 0 saturated heterocycles. The van der Waals surface area contributed by atoms with Gasteiger partial charge in [0, 0.05) is 12.8 Å². The first-order valence-corrected chi connectivity index (χ1v) is 19.9. The zero-order chi connectivity index (χ0) is 35.7. The zero-order valence-electron chi connectivity index (χ0n) is 29.8. The van der Waals surface area contributed by atoms with Gasteiger partial charge in [-0.15, -0.1) is 0 Å². The van der Waals surface area contributed by atoms with Gasteiger partial charge in [-0.3, -0.25) is 23.4 Å². The van der Waals surface area contributed by atoms with Crippen LogP contribution in [-0.4, -0.2) is 59.9 Å². The Morgan fingerprint density at radius 2 is 1.10 bits per heavy atom. The Balaban J connectivity index is 4.45. The minimum Gasteiger partial charge on any atom is -0.480 e. The summed E-state index contributed by atoms with van der Waals surface area (Å²) in [4.78, 5) is 45.6. The van der Waals surface area contributed by atoms with E-state index in [2.05, 4.69) is 42.7 Å². The Bertz CT molecular complexity index is 926. The van der Waals surface area contributed by atoms with Crippen LogP contribution >= 0.6 is 7.82 Å². The van der Waals surface area contributed by atoms with Crippen molar-refractivity contribution in [2.75, 3.05) is 19.8 Å². The van der Waals surface area contributed by atoms with Gasteiger partial charge in [0.1, 0.15) is 12.6 Å². The number of ether oxygens (including phenoxy) is 2. The van der Waals surface area contributed by atoms with Gasteiger partial charge in [0.05, 0.1) is 13.2 Å². The van der Waals surface area contributed by atoms with Crippen molar-refractivity contribution in [1.29, 1.82) is 0 Å². The molecule has 0 fully saturated rings. The summed E-state index contributed by atoms with van der Waals surface area (Å²) in [6.45, 7) is 2.71. The summed E-state index contributed by atoms with van der Waals surface area (Å²) in [5.74, 6) is -2.40. The van der Waals surface area contributed by atoms with E-state index in [-0.39, 0.29) is 19.4 Å². The molecule has 0 aromatic rings. The molecule has 0 heterocycles. The predicted molar refractivity (Wildman–Crippen MR) is 189 cm³/mol. The van der Waals surface area contributed by atoms with Crippen molar-refractivity contribution in [2.45, 2.75) is 167 Å². The second kappa shape index (κ2) is 32.2. The number of rotatable bonds is 34. The number of carboxylic acid groups (broad SMARTS) is 1. The lowest BCUT2D eigenvalue weighted by Gasteiger charge is -2.20. The number of esters is 2. The third-order valence-electron chi connectivity index (χ3n) is 7.70. The van der Waals surface area contributed by atoms with E-state index in [1.165, 1.54) is 51.4 Å². The van der Waals surface area contributed by atoms with Crippen LogP contribution in [0.5, 0.6) is 0 Å². The zero-order valence-corrected chi connectivity index (χ0v) is 30.7. The maximum atomic E-state index is 12.5. The lowest BCUT2D eigenvalue weighted by molar-refractivity contribution is -0.161. The molecule has 0 aromatic carbocycles. The minimum absolute atomic E-state index is 0.147. The van der Waals surface area contributed by atoms with Crippen molar-refractivity contribution < 1.29 is 47.5 Å². The summed E-state index contributed by atoms with van der Waals surface area (Å²) in [7, 11) is -4.70. The molecule has 48 heavy (non-hydrogen) atoms. The fourth-order valence-corrected chi connectivity index (χ4v) is 5.52. The second-order valence-electron chi connectivity index (χ2n) is 12.4. The van der Waals surface area contributed by atoms with Crippen LogP contribution in [0.1, 0.15) is 155 Å². The van der Waals surface area contributed by atoms with Crippen LogP contribution in [0, 0.1) is 0 Å². The Kier molecular flexibility index (Phi) is 30.8. The largest absolute Gasteiger partial charge is 0.480 e. The number of allylic oxidation sites excluding steroid dienone is 4. The van der Waals surface area contributed by atoms with Crippen molar-refractivity contribution in [3.05, 3.63) is 24.3 Å². The molecule has 0 aliphatic rings. The van der Waals surface area contributed by atoms with Gasteiger partial charge >= 0.3 is 25.7 Å². The SMILES string of the molecule is CCCCCC/C=C\C/C=C\CCCCCCCC(=O)OC(COC(=O)CCCCCCCCCC)COP(=O)(O)OCC(N)C(=O)O. The number of carboxylic acids is 1. The van der Waals surface area contributed by atoms with Crippen molar-refractivity contribution in [3.8, 4) is 0 Å². The topological polar surface area (TPSA) is 172 Å². The highest BCUT2D eigenvalue weighted by molar-refractivity contribution is 7.47. The monoisotopic (exact) mass is 703 g/mol. The normalized spacial score (nSPS) is 14.2. The molecule has 0 aromatic heterocycles. The minimum atomic E-state index is -4.70. The quantitative estimate of drug-likeness (QED) is 0.0253. The van der Waals surface area contributed by atoms with Crippen LogP contribution in [0.25, 0.3) is 0 Å². The van der Waals surface area contributed by atoms with Crippen molar-refractivity contribution in [2.24, 2.45) is 5.73 Å². The summed E-state index contributed by atoms with van der Waals surface area (Å²) in [5.41, 5.74) is 5.30. The lowest BCUT2D eigenvalue weighted by atomic mass is 10.1. The van der Waals surface area contributed by atoms with Crippen molar-refractivity contribution in [1.82, 2.24) is 0 Å². The van der Waals surface area contributed by atoms with Crippen LogP contribution in [0.4, 0.5) is 0 Å². The maximum absolute atomic E-state index is 12.5. The first-order chi connectivity index (χ1) is 23.1. The molecule has 0 amide bonds. The third kappa shape index (κ3) is 31.2. The molecule has 0 saturated carbocycles. The molecule has 0 rings (SSSR count). The smallest absolute Gasteiger partial charge is 0.472 e. The summed E-state index contributed by atoms with van der Waals surface area (Å²) < 4.78 is 32.4. The number of phosphoric acid groups is 1. The first kappa shape index (κ1) is 46.0. The lowest BCUT2D eigenvalue weighted by Crippen LogP contribution is -2.34. The van der Waals surface area contributed by atoms with E-state index in [0.29, 0.717) is 12.8 Å². The van der Waals surface area contributed by atoms with Crippen molar-refractivity contribution in [3.63, 3.8) is 0 Å². The third-order valence-corrected chi connectivity index (χ3v) is 8.65. The molecule has 0 radical (unpaired) electrons. The molecule has 4 N–H and O–H groups in total. The molecule has 280 valence electrons. The van der Waals surface area contributed by atoms with E-state index in [1.807, 2.05) is 0 Å². The highest BCUT2D eigenvalue weighted by Crippen LogP contribution is 2.43. The number of hydrogen-bond donors (Lipinski definition) is 3. The van der Waals surface area contributed by atoms with Gasteiger partial charge in [-0.2, -0.15) is 0 Å². The Hall–Kier alpha value is -2.04. The highest BCUT2D eigenvalue weighted by atomic mass is 31.2. The second-order valence-corrected chi connectivity index (χ2v) is 13.8. The van der Waals surface area contributed by atoms with Crippen LogP contribution < -0.4 is 5.73 Å². The van der Waals surface area contributed by atoms with E-state index in [0.717, 1.165) is 64.2 Å². The van der Waals surface area contributed by atoms with Gasteiger partial charge in [-0.25, -0.2) is 4.57 Å². The molecule has 0 aliphatic heterocycles. The summed E-state index contributed by atoms with van der Waals surface area (Å²) in [5, 5.41) is 8.84. The van der Waals surface area contributed by atoms with Crippen LogP contribution in [0.3, 0.4) is 0 Å². The molecule has 12 heteroatoms. The fourth-order valence-electron chi connectivity index (χ4n) is 4.74. The summed E-state index contributed by atoms with van der Waals surface area (Å²) >= 11 is 0. The Labute approximate surface area is 290 Å². The number of carbonyl (C=O) groups is 3. The van der Waals surface area contributed by atoms with E-state index in [9.17, 15) is 23.8 Å². The van der Waals surface area contributed by atoms with Crippen molar-refractivity contribution >= 4 is 25.7 Å². The first-order valence-electron chi connectivity index (χ1n) is 18.4. The number of hydrogen-bond acceptors (Lipinski definition) is 9. The molecular formula is C36H66NO10P. The number of phosphoric ester groups is 1. The molecule has 11 nitrogen and oxygen atoms in total. The Morgan fingerprint density at radius 1 is 0.646 bits per heavy atom. The molecule has 3 unspecified atom stereocenters. The summed E-state index contributed by atoms with van der Waals surface area (Å²) in [6, 6.07) is -1.52. The maximum Gasteiger partial charge on any atom is 0.472 e. The highest BCUT2D eigenvalue weighted by Gasteiger charge is 2.28. The van der Waals surface area contributed by atoms with E-state index in [4.69, 9.17) is 24.8 Å². The van der Waals surface area contributed by atoms with Crippen LogP contribution in [0.15, 0.2) is 24.3 Å². The number of unbranched alkanes of at least 4 members (excludes halogenated alkanes) is 16. The van der Waals surface area contributed by atoms with Gasteiger partial charge in [-0.1, -0.05) is 122 Å². The van der Waals surface area contributed by atoms with E-state index < -0.39 is 51.1 Å². The molecule has 0 bridgehead atoms. The molecule has 0 spiro atoms. The van der Waals surface area contributed by atoms with Gasteiger partial charge in [0.25, 0.3) is 0 Å². The molecular weight excluding hydrogens is 637 g/mol. The Morgan fingerprint density at radius 3 is 1.65 bits per heavy atom. The van der Waals surface area contributed by atoms with Gasteiger partial charge < -0.3 is 25.2 Å². The summed E-state index contributed by atoms with van der Waals surface area (Å²) in [6.07, 6.45) is 29.8. The molecule has 0 aliphatic carbocycles. The predicted octanol–water partition coefficient (Wildman–Crippen LogP) is 8.72. The van der Waals surface area contributed by atoms with Gasteiger partial charge in [0.2, 0.25) is 0 Å². The van der Waals surface area contributed by atoms with E-state index in [1.54, 1.807) is 0 Å². The fraction of sp³-hybridized carbons (Fsp3) is 0.806. The number of aliphatic carboxylic acids is 1. The number of nitrogens with two attached hydrogens (primary N) is 1. The van der Waals surface area contributed by atoms with Gasteiger partial charge in [-0.05, 0) is 44.9 Å². The van der Waals surface area contributed by atoms with E-state index >= 15 is 0 Å². The molecule has 3 atom stereocenters. The number of carbonyl (C=O) groups excluding carboxylic acids is 2. The van der Waals surface area contributed by atoms with Crippen LogP contribution in [0.2, 0.25) is 0 Å². The van der Waals surface area contributed by atoms with Gasteiger partial charge in [0.15, 0.2) is 6.10 Å². The average molecular weight is 704 g/mol. The average Bonchev–Trinajstić information content (AvgIpc) is 3.05.